The lowest BCUT2D eigenvalue weighted by molar-refractivity contribution is -0.137. The van der Waals surface area contributed by atoms with Gasteiger partial charge in [0.2, 0.25) is 0 Å². The molecular formula is C20H24F3N3S. The topological polar surface area (TPSA) is 27.3 Å². The molecule has 0 saturated heterocycles. The highest BCUT2D eigenvalue weighted by molar-refractivity contribution is 7.80. The molecule has 7 heteroatoms. The molecule has 2 aromatic carbocycles. The minimum atomic E-state index is -4.33. The zero-order valence-electron chi connectivity index (χ0n) is 15.4. The second-order valence-electron chi connectivity index (χ2n) is 6.22. The van der Waals surface area contributed by atoms with Crippen LogP contribution in [-0.4, -0.2) is 24.7 Å². The number of halogens is 3. The molecule has 0 aliphatic carbocycles. The van der Waals surface area contributed by atoms with Crippen LogP contribution in [0, 0.1) is 6.92 Å². The van der Waals surface area contributed by atoms with Crippen molar-refractivity contribution >= 4 is 28.7 Å². The summed E-state index contributed by atoms with van der Waals surface area (Å²) in [5.74, 6) is 0. The van der Waals surface area contributed by atoms with Crippen molar-refractivity contribution in [1.82, 2.24) is 5.32 Å². The van der Waals surface area contributed by atoms with Crippen molar-refractivity contribution in [2.75, 3.05) is 29.9 Å². The van der Waals surface area contributed by atoms with Crippen LogP contribution in [0.3, 0.4) is 0 Å². The second kappa shape index (κ2) is 9.60. The van der Waals surface area contributed by atoms with Crippen LogP contribution in [0.5, 0.6) is 0 Å². The quantitative estimate of drug-likeness (QED) is 0.497. The van der Waals surface area contributed by atoms with Crippen LogP contribution < -0.4 is 15.5 Å². The van der Waals surface area contributed by atoms with Gasteiger partial charge in [-0.25, -0.2) is 0 Å². The van der Waals surface area contributed by atoms with Gasteiger partial charge in [-0.3, -0.25) is 0 Å². The maximum absolute atomic E-state index is 12.6. The van der Waals surface area contributed by atoms with E-state index in [4.69, 9.17) is 12.2 Å². The molecule has 0 spiro atoms. The number of nitrogens with zero attached hydrogens (tertiary/aromatic N) is 1. The van der Waals surface area contributed by atoms with E-state index in [1.165, 1.54) is 23.4 Å². The fourth-order valence-corrected chi connectivity index (χ4v) is 2.83. The molecule has 3 nitrogen and oxygen atoms in total. The highest BCUT2D eigenvalue weighted by atomic mass is 32.1. The van der Waals surface area contributed by atoms with Gasteiger partial charge in [0.05, 0.1) is 5.56 Å². The van der Waals surface area contributed by atoms with Gasteiger partial charge in [-0.2, -0.15) is 13.2 Å². The lowest BCUT2D eigenvalue weighted by atomic mass is 10.2. The van der Waals surface area contributed by atoms with Gasteiger partial charge in [0.1, 0.15) is 0 Å². The normalized spacial score (nSPS) is 11.1. The summed E-state index contributed by atoms with van der Waals surface area (Å²) in [5.41, 5.74) is 2.27. The number of anilines is 2. The number of benzene rings is 2. The first-order valence-corrected chi connectivity index (χ1v) is 9.24. The number of nitrogens with one attached hydrogen (secondary N) is 2. The maximum atomic E-state index is 12.6. The zero-order valence-corrected chi connectivity index (χ0v) is 16.3. The van der Waals surface area contributed by atoms with Gasteiger partial charge < -0.3 is 15.5 Å². The highest BCUT2D eigenvalue weighted by Crippen LogP contribution is 2.29. The number of hydrogen-bond donors (Lipinski definition) is 2. The summed E-state index contributed by atoms with van der Waals surface area (Å²) >= 11 is 5.20. The lowest BCUT2D eigenvalue weighted by Gasteiger charge is -2.23. The molecule has 2 rings (SSSR count). The molecule has 0 unspecified atom stereocenters. The number of thiocarbonyl (C=S) groups is 1. The predicted octanol–water partition coefficient (Wildman–Crippen LogP) is 5.22. The Kier molecular flexibility index (Phi) is 7.47. The number of aryl methyl sites for hydroxylation is 1. The van der Waals surface area contributed by atoms with Crippen molar-refractivity contribution in [2.24, 2.45) is 0 Å². The van der Waals surface area contributed by atoms with Crippen LogP contribution in [-0.2, 0) is 6.18 Å². The molecule has 0 heterocycles. The first kappa shape index (κ1) is 21.0. The average molecular weight is 395 g/mol. The second-order valence-corrected chi connectivity index (χ2v) is 6.63. The SMILES string of the molecule is CCN(CCCNC(=S)Nc1ccc(C(F)(F)F)cc1)c1ccc(C)cc1. The van der Waals surface area contributed by atoms with Crippen LogP contribution in [0.15, 0.2) is 48.5 Å². The molecule has 146 valence electrons. The Bertz CT molecular complexity index is 728. The van der Waals surface area contributed by atoms with Crippen LogP contribution in [0.4, 0.5) is 24.5 Å². The Morgan fingerprint density at radius 1 is 1.04 bits per heavy atom. The van der Waals surface area contributed by atoms with E-state index in [0.717, 1.165) is 31.6 Å². The molecule has 27 heavy (non-hydrogen) atoms. The largest absolute Gasteiger partial charge is 0.416 e. The van der Waals surface area contributed by atoms with E-state index in [2.05, 4.69) is 53.6 Å². The molecule has 0 fully saturated rings. The molecule has 0 aromatic heterocycles. The summed E-state index contributed by atoms with van der Waals surface area (Å²) in [5, 5.41) is 6.38. The van der Waals surface area contributed by atoms with E-state index < -0.39 is 11.7 Å². The summed E-state index contributed by atoms with van der Waals surface area (Å²) in [4.78, 5) is 2.29. The van der Waals surface area contributed by atoms with E-state index in [9.17, 15) is 13.2 Å². The summed E-state index contributed by atoms with van der Waals surface area (Å²) in [7, 11) is 0. The third-order valence-electron chi connectivity index (χ3n) is 4.14. The van der Waals surface area contributed by atoms with Gasteiger partial charge in [-0.1, -0.05) is 17.7 Å². The molecular weight excluding hydrogens is 371 g/mol. The van der Waals surface area contributed by atoms with Crippen molar-refractivity contribution in [2.45, 2.75) is 26.4 Å². The standard InChI is InChI=1S/C20H24F3N3S/c1-3-26(18-11-5-15(2)6-12-18)14-4-13-24-19(27)25-17-9-7-16(8-10-17)20(21,22)23/h5-12H,3-4,13-14H2,1-2H3,(H2,24,25,27). The van der Waals surface area contributed by atoms with Gasteiger partial charge in [0.15, 0.2) is 5.11 Å². The van der Waals surface area contributed by atoms with Crippen molar-refractivity contribution in [1.29, 1.82) is 0 Å². The molecule has 0 atom stereocenters. The fraction of sp³-hybridized carbons (Fsp3) is 0.350. The lowest BCUT2D eigenvalue weighted by Crippen LogP contribution is -2.32. The number of alkyl halides is 3. The van der Waals surface area contributed by atoms with Crippen LogP contribution >= 0.6 is 12.2 Å². The van der Waals surface area contributed by atoms with Crippen molar-refractivity contribution in [3.63, 3.8) is 0 Å². The Hall–Kier alpha value is -2.28. The highest BCUT2D eigenvalue weighted by Gasteiger charge is 2.29. The Balaban J connectivity index is 1.74. The van der Waals surface area contributed by atoms with Gasteiger partial charge in [-0.05, 0) is 68.9 Å². The molecule has 0 bridgehead atoms. The maximum Gasteiger partial charge on any atom is 0.416 e. The number of hydrogen-bond acceptors (Lipinski definition) is 2. The Labute approximate surface area is 163 Å². The number of rotatable bonds is 7. The first-order valence-electron chi connectivity index (χ1n) is 8.83. The fourth-order valence-electron chi connectivity index (χ4n) is 2.62. The van der Waals surface area contributed by atoms with E-state index in [-0.39, 0.29) is 0 Å². The van der Waals surface area contributed by atoms with Crippen molar-refractivity contribution < 1.29 is 13.2 Å². The summed E-state index contributed by atoms with van der Waals surface area (Å²) < 4.78 is 37.7. The predicted molar refractivity (Wildman–Crippen MR) is 109 cm³/mol. The summed E-state index contributed by atoms with van der Waals surface area (Å²) in [6.45, 7) is 6.65. The first-order chi connectivity index (χ1) is 12.8. The minimum Gasteiger partial charge on any atom is -0.372 e. The van der Waals surface area contributed by atoms with E-state index in [1.807, 2.05) is 0 Å². The minimum absolute atomic E-state index is 0.396. The van der Waals surface area contributed by atoms with Crippen molar-refractivity contribution in [3.05, 3.63) is 59.7 Å². The molecule has 0 radical (unpaired) electrons. The smallest absolute Gasteiger partial charge is 0.372 e. The van der Waals surface area contributed by atoms with Gasteiger partial charge in [0, 0.05) is 31.0 Å². The van der Waals surface area contributed by atoms with Gasteiger partial charge in [0.25, 0.3) is 0 Å². The Morgan fingerprint density at radius 3 is 2.22 bits per heavy atom. The summed E-state index contributed by atoms with van der Waals surface area (Å²) in [6.07, 6.45) is -3.45. The molecule has 2 N–H and O–H groups in total. The monoisotopic (exact) mass is 395 g/mol. The molecule has 2 aromatic rings. The third kappa shape index (κ3) is 6.75. The van der Waals surface area contributed by atoms with E-state index in [1.54, 1.807) is 0 Å². The van der Waals surface area contributed by atoms with E-state index in [0.29, 0.717) is 17.3 Å². The van der Waals surface area contributed by atoms with Gasteiger partial charge in [-0.15, -0.1) is 0 Å². The Morgan fingerprint density at radius 2 is 1.67 bits per heavy atom. The zero-order chi connectivity index (χ0) is 19.9. The molecule has 0 amide bonds. The van der Waals surface area contributed by atoms with Crippen molar-refractivity contribution in [3.8, 4) is 0 Å². The molecule has 0 saturated carbocycles. The average Bonchev–Trinajstić information content (AvgIpc) is 2.62. The molecule has 0 aliphatic heterocycles. The van der Waals surface area contributed by atoms with Crippen LogP contribution in [0.2, 0.25) is 0 Å². The summed E-state index contributed by atoms with van der Waals surface area (Å²) in [6, 6.07) is 13.2. The molecule has 0 aliphatic rings. The van der Waals surface area contributed by atoms with Gasteiger partial charge >= 0.3 is 6.18 Å². The van der Waals surface area contributed by atoms with E-state index >= 15 is 0 Å². The third-order valence-corrected chi connectivity index (χ3v) is 4.39. The van der Waals surface area contributed by atoms with Crippen LogP contribution in [0.1, 0.15) is 24.5 Å². The van der Waals surface area contributed by atoms with Crippen LogP contribution in [0.25, 0.3) is 0 Å².